The Kier molecular flexibility index (Phi) is 5.59. The van der Waals surface area contributed by atoms with E-state index in [1.54, 1.807) is 0 Å². The quantitative estimate of drug-likeness (QED) is 0.717. The minimum absolute atomic E-state index is 0.0342. The van der Waals surface area contributed by atoms with Crippen LogP contribution in [0.3, 0.4) is 0 Å². The molecular weight excluding hydrogens is 232 g/mol. The van der Waals surface area contributed by atoms with Gasteiger partial charge in [0.05, 0.1) is 19.6 Å². The number of methoxy groups -OCH3 is 1. The molecule has 5 heteroatoms. The van der Waals surface area contributed by atoms with Gasteiger partial charge in [-0.05, 0) is 19.8 Å². The monoisotopic (exact) mass is 256 g/mol. The summed E-state index contributed by atoms with van der Waals surface area (Å²) in [6, 6.07) is 0.327. The largest absolute Gasteiger partial charge is 0.469 e. The summed E-state index contributed by atoms with van der Waals surface area (Å²) in [5.74, 6) is -0.837. The highest BCUT2D eigenvalue weighted by atomic mass is 16.5. The second kappa shape index (κ2) is 6.73. The predicted octanol–water partition coefficient (Wildman–Crippen LogP) is 0.914. The van der Waals surface area contributed by atoms with E-state index in [1.165, 1.54) is 20.0 Å². The highest BCUT2D eigenvalue weighted by Gasteiger charge is 2.33. The van der Waals surface area contributed by atoms with Crippen molar-refractivity contribution in [2.45, 2.75) is 51.6 Å². The van der Waals surface area contributed by atoms with E-state index in [4.69, 9.17) is 10.5 Å². The molecule has 1 amide bonds. The lowest BCUT2D eigenvalue weighted by Gasteiger charge is -2.35. The molecule has 1 rings (SSSR count). The van der Waals surface area contributed by atoms with Crippen molar-refractivity contribution in [3.05, 3.63) is 0 Å². The van der Waals surface area contributed by atoms with Crippen molar-refractivity contribution in [2.24, 2.45) is 11.7 Å². The minimum Gasteiger partial charge on any atom is -0.469 e. The summed E-state index contributed by atoms with van der Waals surface area (Å²) in [6.45, 7) is 4.01. The number of amides is 1. The first-order valence-corrected chi connectivity index (χ1v) is 6.59. The van der Waals surface area contributed by atoms with E-state index < -0.39 is 0 Å². The second-order valence-electron chi connectivity index (χ2n) is 5.13. The van der Waals surface area contributed by atoms with E-state index in [2.05, 4.69) is 4.90 Å². The van der Waals surface area contributed by atoms with Crippen LogP contribution in [-0.4, -0.2) is 42.5 Å². The normalized spacial score (nSPS) is 19.8. The van der Waals surface area contributed by atoms with E-state index in [0.717, 1.165) is 12.8 Å². The van der Waals surface area contributed by atoms with Gasteiger partial charge in [-0.3, -0.25) is 14.5 Å². The first-order chi connectivity index (χ1) is 8.47. The van der Waals surface area contributed by atoms with Crippen LogP contribution in [0.5, 0.6) is 0 Å². The molecule has 0 aliphatic heterocycles. The molecule has 0 radical (unpaired) electrons. The molecule has 0 saturated heterocycles. The van der Waals surface area contributed by atoms with Crippen LogP contribution in [0.2, 0.25) is 0 Å². The van der Waals surface area contributed by atoms with Crippen molar-refractivity contribution in [2.75, 3.05) is 13.7 Å². The third-order valence-corrected chi connectivity index (χ3v) is 3.95. The average Bonchev–Trinajstić information content (AvgIpc) is 2.86. The van der Waals surface area contributed by atoms with Crippen molar-refractivity contribution in [3.63, 3.8) is 0 Å². The molecule has 2 N–H and O–H groups in total. The van der Waals surface area contributed by atoms with Crippen molar-refractivity contribution < 1.29 is 14.3 Å². The van der Waals surface area contributed by atoms with E-state index in [-0.39, 0.29) is 30.4 Å². The molecule has 1 aliphatic carbocycles. The summed E-state index contributed by atoms with van der Waals surface area (Å²) in [4.78, 5) is 24.9. The second-order valence-corrected chi connectivity index (χ2v) is 5.13. The van der Waals surface area contributed by atoms with Gasteiger partial charge in [-0.1, -0.05) is 19.8 Å². The lowest BCUT2D eigenvalue weighted by Crippen LogP contribution is -2.49. The lowest BCUT2D eigenvalue weighted by molar-refractivity contribution is -0.148. The number of ether oxygens (including phenoxy) is 1. The molecule has 0 aromatic carbocycles. The topological polar surface area (TPSA) is 72.6 Å². The Balaban J connectivity index is 2.74. The number of carbonyl (C=O) groups excluding carboxylic acids is 2. The lowest BCUT2D eigenvalue weighted by atomic mass is 9.99. The van der Waals surface area contributed by atoms with Gasteiger partial charge in [0, 0.05) is 12.1 Å². The summed E-state index contributed by atoms with van der Waals surface area (Å²) >= 11 is 0. The zero-order chi connectivity index (χ0) is 13.7. The van der Waals surface area contributed by atoms with Gasteiger partial charge in [0.15, 0.2) is 0 Å². The summed E-state index contributed by atoms with van der Waals surface area (Å²) < 4.78 is 4.77. The SMILES string of the molecule is COC(=O)C(C)C(C)N(CC(N)=O)C1CCCC1. The van der Waals surface area contributed by atoms with Gasteiger partial charge in [0.2, 0.25) is 5.91 Å². The fourth-order valence-electron chi connectivity index (χ4n) is 2.69. The molecule has 5 nitrogen and oxygen atoms in total. The Labute approximate surface area is 109 Å². The molecule has 1 saturated carbocycles. The van der Waals surface area contributed by atoms with Crippen molar-refractivity contribution >= 4 is 11.9 Å². The number of nitrogens with two attached hydrogens (primary N) is 1. The highest BCUT2D eigenvalue weighted by molar-refractivity contribution is 5.76. The van der Waals surface area contributed by atoms with Crippen LogP contribution < -0.4 is 5.73 Å². The van der Waals surface area contributed by atoms with Gasteiger partial charge in [-0.25, -0.2) is 0 Å². The van der Waals surface area contributed by atoms with Crippen LogP contribution >= 0.6 is 0 Å². The summed E-state index contributed by atoms with van der Waals surface area (Å²) in [6.07, 6.45) is 4.51. The minimum atomic E-state index is -0.342. The summed E-state index contributed by atoms with van der Waals surface area (Å²) in [5.41, 5.74) is 5.31. The number of esters is 1. The summed E-state index contributed by atoms with van der Waals surface area (Å²) in [7, 11) is 1.39. The Morgan fingerprint density at radius 1 is 1.33 bits per heavy atom. The number of nitrogens with zero attached hydrogens (tertiary/aromatic N) is 1. The molecule has 1 fully saturated rings. The first-order valence-electron chi connectivity index (χ1n) is 6.59. The third kappa shape index (κ3) is 3.70. The molecule has 0 aromatic heterocycles. The fraction of sp³-hybridized carbons (Fsp3) is 0.846. The van der Waals surface area contributed by atoms with E-state index in [9.17, 15) is 9.59 Å². The van der Waals surface area contributed by atoms with Crippen LogP contribution in [-0.2, 0) is 14.3 Å². The molecule has 0 aromatic rings. The fourth-order valence-corrected chi connectivity index (χ4v) is 2.69. The molecule has 104 valence electrons. The Bertz CT molecular complexity index is 301. The average molecular weight is 256 g/mol. The number of rotatable bonds is 6. The van der Waals surface area contributed by atoms with Gasteiger partial charge in [-0.15, -0.1) is 0 Å². The number of hydrogen-bond acceptors (Lipinski definition) is 4. The summed E-state index contributed by atoms with van der Waals surface area (Å²) in [5, 5.41) is 0. The maximum absolute atomic E-state index is 11.6. The molecule has 0 heterocycles. The number of hydrogen-bond donors (Lipinski definition) is 1. The maximum atomic E-state index is 11.6. The van der Waals surface area contributed by atoms with Crippen LogP contribution in [0.1, 0.15) is 39.5 Å². The van der Waals surface area contributed by atoms with Crippen LogP contribution in [0.4, 0.5) is 0 Å². The smallest absolute Gasteiger partial charge is 0.309 e. The molecule has 18 heavy (non-hydrogen) atoms. The van der Waals surface area contributed by atoms with Gasteiger partial charge in [0.25, 0.3) is 0 Å². The maximum Gasteiger partial charge on any atom is 0.309 e. The van der Waals surface area contributed by atoms with E-state index in [0.29, 0.717) is 6.04 Å². The van der Waals surface area contributed by atoms with Crippen LogP contribution in [0.15, 0.2) is 0 Å². The van der Waals surface area contributed by atoms with Crippen molar-refractivity contribution in [3.8, 4) is 0 Å². The Morgan fingerprint density at radius 2 is 1.89 bits per heavy atom. The molecule has 2 unspecified atom stereocenters. The van der Waals surface area contributed by atoms with E-state index in [1.807, 2.05) is 13.8 Å². The Morgan fingerprint density at radius 3 is 2.33 bits per heavy atom. The zero-order valence-electron chi connectivity index (χ0n) is 11.5. The van der Waals surface area contributed by atoms with Gasteiger partial charge in [0.1, 0.15) is 0 Å². The zero-order valence-corrected chi connectivity index (χ0v) is 11.5. The number of carbonyl (C=O) groups is 2. The Hall–Kier alpha value is -1.10. The van der Waals surface area contributed by atoms with Crippen molar-refractivity contribution in [1.29, 1.82) is 0 Å². The number of primary amides is 1. The first kappa shape index (κ1) is 15.0. The molecular formula is C13H24N2O3. The van der Waals surface area contributed by atoms with Crippen LogP contribution in [0, 0.1) is 5.92 Å². The standard InChI is InChI=1S/C13H24N2O3/c1-9(13(17)18-3)10(2)15(8-12(14)16)11-6-4-5-7-11/h9-11H,4-8H2,1-3H3,(H2,14,16). The molecule has 0 bridgehead atoms. The third-order valence-electron chi connectivity index (χ3n) is 3.95. The van der Waals surface area contributed by atoms with Gasteiger partial charge in [-0.2, -0.15) is 0 Å². The van der Waals surface area contributed by atoms with E-state index >= 15 is 0 Å². The molecule has 1 aliphatic rings. The van der Waals surface area contributed by atoms with Gasteiger partial charge >= 0.3 is 5.97 Å². The molecule has 0 spiro atoms. The highest BCUT2D eigenvalue weighted by Crippen LogP contribution is 2.27. The van der Waals surface area contributed by atoms with Gasteiger partial charge < -0.3 is 10.5 Å². The van der Waals surface area contributed by atoms with Crippen molar-refractivity contribution in [1.82, 2.24) is 4.90 Å². The molecule has 2 atom stereocenters. The van der Waals surface area contributed by atoms with Crippen LogP contribution in [0.25, 0.3) is 0 Å². The predicted molar refractivity (Wildman–Crippen MR) is 68.8 cm³/mol.